The van der Waals surface area contributed by atoms with Crippen LogP contribution >= 0.6 is 0 Å². The molecule has 19 heavy (non-hydrogen) atoms. The largest absolute Gasteiger partial charge is 0.371 e. The van der Waals surface area contributed by atoms with Gasteiger partial charge in [0.25, 0.3) is 0 Å². The highest BCUT2D eigenvalue weighted by Crippen LogP contribution is 2.23. The summed E-state index contributed by atoms with van der Waals surface area (Å²) in [7, 11) is 2.08. The molecule has 1 aromatic rings. The smallest absolute Gasteiger partial charge is 0.0366 e. The summed E-state index contributed by atoms with van der Waals surface area (Å²) in [4.78, 5) is 2.53. The Balaban J connectivity index is 1.95. The maximum absolute atomic E-state index is 3.43. The molecule has 0 radical (unpaired) electrons. The molecule has 2 nitrogen and oxygen atoms in total. The van der Waals surface area contributed by atoms with Crippen LogP contribution in [0.25, 0.3) is 0 Å². The Morgan fingerprint density at radius 3 is 2.58 bits per heavy atom. The lowest BCUT2D eigenvalue weighted by Crippen LogP contribution is -2.47. The van der Waals surface area contributed by atoms with Crippen molar-refractivity contribution in [2.45, 2.75) is 45.6 Å². The van der Waals surface area contributed by atoms with E-state index in [1.807, 2.05) is 0 Å². The number of unbranched alkanes of at least 4 members (excludes halogenated alkanes) is 1. The van der Waals surface area contributed by atoms with Crippen molar-refractivity contribution in [1.29, 1.82) is 0 Å². The van der Waals surface area contributed by atoms with E-state index in [1.165, 1.54) is 50.0 Å². The summed E-state index contributed by atoms with van der Waals surface area (Å²) in [6.07, 6.45) is 5.03. The van der Waals surface area contributed by atoms with Gasteiger partial charge in [0.1, 0.15) is 0 Å². The summed E-state index contributed by atoms with van der Waals surface area (Å²) in [6.45, 7) is 6.94. The van der Waals surface area contributed by atoms with Crippen LogP contribution in [0.3, 0.4) is 0 Å². The van der Waals surface area contributed by atoms with E-state index in [9.17, 15) is 0 Å². The molecule has 0 aliphatic carbocycles. The molecule has 1 N–H and O–H groups in total. The van der Waals surface area contributed by atoms with E-state index >= 15 is 0 Å². The number of rotatable bonds is 5. The summed E-state index contributed by atoms with van der Waals surface area (Å²) in [5.74, 6) is 0.721. The van der Waals surface area contributed by atoms with Crippen LogP contribution in [0, 0.1) is 5.92 Å². The fourth-order valence-electron chi connectivity index (χ4n) is 3.06. The normalized spacial score (nSPS) is 23.6. The summed E-state index contributed by atoms with van der Waals surface area (Å²) in [5, 5.41) is 3.43. The van der Waals surface area contributed by atoms with Gasteiger partial charge in [-0.3, -0.25) is 0 Å². The number of aryl methyl sites for hydroxylation is 1. The van der Waals surface area contributed by atoms with E-state index in [2.05, 4.69) is 55.4 Å². The highest BCUT2D eigenvalue weighted by molar-refractivity contribution is 5.48. The first-order valence-electron chi connectivity index (χ1n) is 7.75. The van der Waals surface area contributed by atoms with Crippen LogP contribution in [0.2, 0.25) is 0 Å². The zero-order valence-electron chi connectivity index (χ0n) is 12.7. The van der Waals surface area contributed by atoms with E-state index in [4.69, 9.17) is 0 Å². The summed E-state index contributed by atoms with van der Waals surface area (Å²) >= 11 is 0. The lowest BCUT2D eigenvalue weighted by molar-refractivity contribution is 0.339. The van der Waals surface area contributed by atoms with Gasteiger partial charge in [0.2, 0.25) is 0 Å². The molecule has 0 bridgehead atoms. The minimum Gasteiger partial charge on any atom is -0.371 e. The van der Waals surface area contributed by atoms with E-state index < -0.39 is 0 Å². The van der Waals surface area contributed by atoms with Gasteiger partial charge in [-0.1, -0.05) is 32.4 Å². The number of anilines is 1. The van der Waals surface area contributed by atoms with Crippen LogP contribution in [-0.2, 0) is 6.42 Å². The van der Waals surface area contributed by atoms with Gasteiger partial charge in [0, 0.05) is 24.8 Å². The van der Waals surface area contributed by atoms with Gasteiger partial charge in [-0.15, -0.1) is 0 Å². The molecule has 106 valence electrons. The molecular formula is C17H28N2. The van der Waals surface area contributed by atoms with Gasteiger partial charge in [0.15, 0.2) is 0 Å². The molecule has 2 atom stereocenters. The third-order valence-corrected chi connectivity index (χ3v) is 4.40. The van der Waals surface area contributed by atoms with Crippen LogP contribution in [0.4, 0.5) is 5.69 Å². The Bertz CT molecular complexity index is 371. The van der Waals surface area contributed by atoms with Gasteiger partial charge in [-0.2, -0.15) is 0 Å². The minimum absolute atomic E-state index is 0.681. The second-order valence-electron chi connectivity index (χ2n) is 5.88. The molecule has 0 spiro atoms. The fourth-order valence-corrected chi connectivity index (χ4v) is 3.06. The molecule has 1 heterocycles. The van der Waals surface area contributed by atoms with Gasteiger partial charge >= 0.3 is 0 Å². The van der Waals surface area contributed by atoms with Crippen LogP contribution in [0.1, 0.15) is 38.7 Å². The molecule has 1 aromatic carbocycles. The molecule has 1 fully saturated rings. The molecule has 0 amide bonds. The molecule has 1 aliphatic rings. The lowest BCUT2D eigenvalue weighted by Gasteiger charge is -2.38. The minimum atomic E-state index is 0.681. The Kier molecular flexibility index (Phi) is 5.26. The van der Waals surface area contributed by atoms with E-state index in [0.717, 1.165) is 5.92 Å². The molecular weight excluding hydrogens is 232 g/mol. The predicted molar refractivity (Wildman–Crippen MR) is 83.9 cm³/mol. The number of benzene rings is 1. The van der Waals surface area contributed by atoms with E-state index in [1.54, 1.807) is 0 Å². The number of hydrogen-bond donors (Lipinski definition) is 1. The summed E-state index contributed by atoms with van der Waals surface area (Å²) in [5.41, 5.74) is 2.87. The van der Waals surface area contributed by atoms with E-state index in [-0.39, 0.29) is 0 Å². The number of nitrogens with one attached hydrogen (secondary N) is 1. The number of nitrogens with zero attached hydrogens (tertiary/aromatic N) is 1. The Hall–Kier alpha value is -1.02. The van der Waals surface area contributed by atoms with Gasteiger partial charge in [-0.25, -0.2) is 0 Å². The molecule has 2 unspecified atom stereocenters. The van der Waals surface area contributed by atoms with Crippen molar-refractivity contribution in [2.75, 3.05) is 25.0 Å². The Labute approximate surface area is 118 Å². The first-order chi connectivity index (χ1) is 9.24. The second kappa shape index (κ2) is 6.95. The maximum Gasteiger partial charge on any atom is 0.0366 e. The molecule has 2 rings (SSSR count). The third kappa shape index (κ3) is 3.73. The zero-order valence-corrected chi connectivity index (χ0v) is 12.7. The molecule has 1 saturated heterocycles. The van der Waals surface area contributed by atoms with Crippen LogP contribution in [0.5, 0.6) is 0 Å². The van der Waals surface area contributed by atoms with Crippen molar-refractivity contribution in [3.05, 3.63) is 29.8 Å². The molecule has 2 heteroatoms. The van der Waals surface area contributed by atoms with Crippen LogP contribution < -0.4 is 10.2 Å². The maximum atomic E-state index is 3.43. The lowest BCUT2D eigenvalue weighted by atomic mass is 9.93. The topological polar surface area (TPSA) is 15.3 Å². The van der Waals surface area contributed by atoms with Crippen molar-refractivity contribution in [3.8, 4) is 0 Å². The Morgan fingerprint density at radius 1 is 1.26 bits per heavy atom. The van der Waals surface area contributed by atoms with Gasteiger partial charge in [0.05, 0.1) is 0 Å². The highest BCUT2D eigenvalue weighted by Gasteiger charge is 2.24. The average Bonchev–Trinajstić information content (AvgIpc) is 2.45. The van der Waals surface area contributed by atoms with Crippen molar-refractivity contribution < 1.29 is 0 Å². The first kappa shape index (κ1) is 14.4. The van der Waals surface area contributed by atoms with Gasteiger partial charge in [-0.05, 0) is 49.9 Å². The SMILES string of the molecule is CCCCc1ccc(N2CCC(NC)C(C)C2)cc1. The third-order valence-electron chi connectivity index (χ3n) is 4.40. The predicted octanol–water partition coefficient (Wildman–Crippen LogP) is 3.46. The van der Waals surface area contributed by atoms with Crippen molar-refractivity contribution in [1.82, 2.24) is 5.32 Å². The van der Waals surface area contributed by atoms with Crippen LogP contribution in [-0.4, -0.2) is 26.2 Å². The summed E-state index contributed by atoms with van der Waals surface area (Å²) < 4.78 is 0. The fraction of sp³-hybridized carbons (Fsp3) is 0.647. The quantitative estimate of drug-likeness (QED) is 0.872. The number of piperidine rings is 1. The number of hydrogen-bond acceptors (Lipinski definition) is 2. The van der Waals surface area contributed by atoms with Crippen LogP contribution in [0.15, 0.2) is 24.3 Å². The standard InChI is InChI=1S/C17H28N2/c1-4-5-6-15-7-9-16(10-8-15)19-12-11-17(18-3)14(2)13-19/h7-10,14,17-18H,4-6,11-13H2,1-3H3. The summed E-state index contributed by atoms with van der Waals surface area (Å²) in [6, 6.07) is 9.90. The van der Waals surface area contributed by atoms with E-state index in [0.29, 0.717) is 6.04 Å². The van der Waals surface area contributed by atoms with Crippen molar-refractivity contribution >= 4 is 5.69 Å². The molecule has 0 saturated carbocycles. The average molecular weight is 260 g/mol. The monoisotopic (exact) mass is 260 g/mol. The second-order valence-corrected chi connectivity index (χ2v) is 5.88. The van der Waals surface area contributed by atoms with Gasteiger partial charge < -0.3 is 10.2 Å². The van der Waals surface area contributed by atoms with Crippen molar-refractivity contribution in [3.63, 3.8) is 0 Å². The molecule has 1 aliphatic heterocycles. The zero-order chi connectivity index (χ0) is 13.7. The highest BCUT2D eigenvalue weighted by atomic mass is 15.2. The van der Waals surface area contributed by atoms with Crippen molar-refractivity contribution in [2.24, 2.45) is 5.92 Å². The Morgan fingerprint density at radius 2 is 2.00 bits per heavy atom. The molecule has 0 aromatic heterocycles. The first-order valence-corrected chi connectivity index (χ1v) is 7.75.